The number of carbonyl (C=O) groups is 2. The number of hydrazone groups is 1. The van der Waals surface area contributed by atoms with E-state index in [9.17, 15) is 9.59 Å². The van der Waals surface area contributed by atoms with Gasteiger partial charge in [0.1, 0.15) is 6.54 Å². The normalized spacial score (nSPS) is 13.8. The standard InChI is InChI=1S/C23H25Cl2N3O2/c1-16(19-7-9-20(24)10-8-19)27-28(23(30)14-18-5-6-18)15-22(29)26-12-11-17-3-2-4-21(25)13-17/h2-4,7-10,13,18H,5-6,11-12,14-15H2,1H3,(H,26,29)/b27-16+. The van der Waals surface area contributed by atoms with Gasteiger partial charge in [-0.1, -0.05) is 47.5 Å². The molecule has 3 rings (SSSR count). The van der Waals surface area contributed by atoms with Crippen LogP contribution in [0.2, 0.25) is 10.0 Å². The Bertz CT molecular complexity index is 924. The number of hydrogen-bond donors (Lipinski definition) is 1. The maximum absolute atomic E-state index is 12.7. The summed E-state index contributed by atoms with van der Waals surface area (Å²) >= 11 is 11.9. The monoisotopic (exact) mass is 445 g/mol. The number of nitrogens with one attached hydrogen (secondary N) is 1. The first-order valence-electron chi connectivity index (χ1n) is 10.0. The largest absolute Gasteiger partial charge is 0.354 e. The molecule has 2 aromatic carbocycles. The lowest BCUT2D eigenvalue weighted by atomic mass is 10.1. The Labute approximate surface area is 187 Å². The molecule has 1 N–H and O–H groups in total. The minimum absolute atomic E-state index is 0.105. The molecule has 30 heavy (non-hydrogen) atoms. The zero-order valence-electron chi connectivity index (χ0n) is 16.9. The third-order valence-corrected chi connectivity index (χ3v) is 5.39. The van der Waals surface area contributed by atoms with Crippen LogP contribution in [0.15, 0.2) is 53.6 Å². The summed E-state index contributed by atoms with van der Waals surface area (Å²) in [4.78, 5) is 25.1. The Hall–Kier alpha value is -2.37. The lowest BCUT2D eigenvalue weighted by molar-refractivity contribution is -0.136. The van der Waals surface area contributed by atoms with Gasteiger partial charge in [-0.3, -0.25) is 9.59 Å². The van der Waals surface area contributed by atoms with Crippen LogP contribution < -0.4 is 5.32 Å². The van der Waals surface area contributed by atoms with Crippen LogP contribution in [0.1, 0.15) is 37.3 Å². The summed E-state index contributed by atoms with van der Waals surface area (Å²) in [5.41, 5.74) is 2.55. The van der Waals surface area contributed by atoms with Crippen LogP contribution in [0.4, 0.5) is 0 Å². The molecular formula is C23H25Cl2N3O2. The van der Waals surface area contributed by atoms with Crippen LogP contribution in [0.5, 0.6) is 0 Å². The molecule has 5 nitrogen and oxygen atoms in total. The second-order valence-electron chi connectivity index (χ2n) is 7.52. The van der Waals surface area contributed by atoms with E-state index in [4.69, 9.17) is 23.2 Å². The Morgan fingerprint density at radius 2 is 1.83 bits per heavy atom. The fourth-order valence-electron chi connectivity index (χ4n) is 3.01. The van der Waals surface area contributed by atoms with E-state index >= 15 is 0 Å². The first kappa shape index (κ1) is 22.3. The lowest BCUT2D eigenvalue weighted by Gasteiger charge is -2.18. The first-order chi connectivity index (χ1) is 14.4. The van der Waals surface area contributed by atoms with Crippen molar-refractivity contribution in [2.24, 2.45) is 11.0 Å². The number of hydrogen-bond acceptors (Lipinski definition) is 3. The predicted octanol–water partition coefficient (Wildman–Crippen LogP) is 4.71. The molecule has 0 atom stereocenters. The number of rotatable bonds is 9. The molecule has 1 saturated carbocycles. The molecule has 7 heteroatoms. The van der Waals surface area contributed by atoms with E-state index in [1.54, 1.807) is 12.1 Å². The van der Waals surface area contributed by atoms with Crippen molar-refractivity contribution < 1.29 is 9.59 Å². The summed E-state index contributed by atoms with van der Waals surface area (Å²) < 4.78 is 0. The van der Waals surface area contributed by atoms with E-state index < -0.39 is 0 Å². The zero-order valence-corrected chi connectivity index (χ0v) is 18.4. The van der Waals surface area contributed by atoms with Crippen LogP contribution >= 0.6 is 23.2 Å². The van der Waals surface area contributed by atoms with Gasteiger partial charge in [-0.25, -0.2) is 5.01 Å². The van der Waals surface area contributed by atoms with Crippen molar-refractivity contribution >= 4 is 40.7 Å². The number of benzene rings is 2. The molecule has 2 aromatic rings. The topological polar surface area (TPSA) is 61.8 Å². The fraction of sp³-hybridized carbons (Fsp3) is 0.348. The van der Waals surface area contributed by atoms with Gasteiger partial charge >= 0.3 is 0 Å². The summed E-state index contributed by atoms with van der Waals surface area (Å²) in [6, 6.07) is 14.8. The molecule has 1 aliphatic rings. The van der Waals surface area contributed by atoms with E-state index in [-0.39, 0.29) is 18.4 Å². The second-order valence-corrected chi connectivity index (χ2v) is 8.39. The highest BCUT2D eigenvalue weighted by atomic mass is 35.5. The fourth-order valence-corrected chi connectivity index (χ4v) is 3.35. The van der Waals surface area contributed by atoms with Gasteiger partial charge in [-0.2, -0.15) is 5.10 Å². The Morgan fingerprint density at radius 3 is 2.50 bits per heavy atom. The smallest absolute Gasteiger partial charge is 0.243 e. The summed E-state index contributed by atoms with van der Waals surface area (Å²) in [5.74, 6) is 0.0431. The summed E-state index contributed by atoms with van der Waals surface area (Å²) in [6.45, 7) is 2.17. The maximum atomic E-state index is 12.7. The van der Waals surface area contributed by atoms with Gasteiger partial charge in [-0.15, -0.1) is 0 Å². The van der Waals surface area contributed by atoms with Crippen molar-refractivity contribution in [3.8, 4) is 0 Å². The summed E-state index contributed by atoms with van der Waals surface area (Å²) in [5, 5.41) is 9.91. The van der Waals surface area contributed by atoms with Gasteiger partial charge in [0.15, 0.2) is 0 Å². The third kappa shape index (κ3) is 7.15. The van der Waals surface area contributed by atoms with E-state index in [2.05, 4.69) is 10.4 Å². The van der Waals surface area contributed by atoms with Crippen molar-refractivity contribution in [2.45, 2.75) is 32.6 Å². The number of carbonyl (C=O) groups excluding carboxylic acids is 2. The van der Waals surface area contributed by atoms with Crippen LogP contribution in [-0.4, -0.2) is 35.6 Å². The Kier molecular flexibility index (Phi) is 7.88. The van der Waals surface area contributed by atoms with Gasteiger partial charge in [0.25, 0.3) is 0 Å². The number of halogens is 2. The van der Waals surface area contributed by atoms with Gasteiger partial charge in [0.05, 0.1) is 5.71 Å². The molecule has 1 fully saturated rings. The lowest BCUT2D eigenvalue weighted by Crippen LogP contribution is -2.39. The van der Waals surface area contributed by atoms with Crippen LogP contribution in [-0.2, 0) is 16.0 Å². The van der Waals surface area contributed by atoms with Crippen molar-refractivity contribution in [3.63, 3.8) is 0 Å². The third-order valence-electron chi connectivity index (χ3n) is 4.90. The Morgan fingerprint density at radius 1 is 1.10 bits per heavy atom. The molecule has 0 aromatic heterocycles. The van der Waals surface area contributed by atoms with Crippen molar-refractivity contribution in [1.82, 2.24) is 10.3 Å². The molecule has 158 valence electrons. The molecular weight excluding hydrogens is 421 g/mol. The molecule has 0 radical (unpaired) electrons. The number of nitrogens with zero attached hydrogens (tertiary/aromatic N) is 2. The average molecular weight is 446 g/mol. The molecule has 1 aliphatic carbocycles. The molecule has 0 saturated heterocycles. The first-order valence-corrected chi connectivity index (χ1v) is 10.8. The molecule has 0 spiro atoms. The van der Waals surface area contributed by atoms with Crippen molar-refractivity contribution in [1.29, 1.82) is 0 Å². The SMILES string of the molecule is C/C(=N\N(CC(=O)NCCc1cccc(Cl)c1)C(=O)CC1CC1)c1ccc(Cl)cc1. The summed E-state index contributed by atoms with van der Waals surface area (Å²) in [7, 11) is 0. The van der Waals surface area contributed by atoms with Crippen LogP contribution in [0, 0.1) is 5.92 Å². The van der Waals surface area contributed by atoms with Gasteiger partial charge < -0.3 is 5.32 Å². The van der Waals surface area contributed by atoms with Gasteiger partial charge in [0.2, 0.25) is 11.8 Å². The Balaban J connectivity index is 1.61. The van der Waals surface area contributed by atoms with E-state index in [1.165, 1.54) is 5.01 Å². The highest BCUT2D eigenvalue weighted by molar-refractivity contribution is 6.31. The van der Waals surface area contributed by atoms with Crippen LogP contribution in [0.25, 0.3) is 0 Å². The minimum Gasteiger partial charge on any atom is -0.354 e. The van der Waals surface area contributed by atoms with Gasteiger partial charge in [-0.05, 0) is 67.5 Å². The predicted molar refractivity (Wildman–Crippen MR) is 121 cm³/mol. The van der Waals surface area contributed by atoms with Crippen molar-refractivity contribution in [2.75, 3.05) is 13.1 Å². The summed E-state index contributed by atoms with van der Waals surface area (Å²) in [6.07, 6.45) is 3.21. The zero-order chi connectivity index (χ0) is 21.5. The minimum atomic E-state index is -0.242. The number of amides is 2. The van der Waals surface area contributed by atoms with E-state index in [1.807, 2.05) is 43.3 Å². The van der Waals surface area contributed by atoms with Gasteiger partial charge in [0, 0.05) is 23.0 Å². The van der Waals surface area contributed by atoms with E-state index in [0.29, 0.717) is 41.1 Å². The molecule has 0 heterocycles. The molecule has 0 unspecified atom stereocenters. The highest BCUT2D eigenvalue weighted by Gasteiger charge is 2.28. The quantitative estimate of drug-likeness (QED) is 0.448. The average Bonchev–Trinajstić information content (AvgIpc) is 3.52. The van der Waals surface area contributed by atoms with Crippen LogP contribution in [0.3, 0.4) is 0 Å². The van der Waals surface area contributed by atoms with Crippen molar-refractivity contribution in [3.05, 3.63) is 69.7 Å². The molecule has 0 aliphatic heterocycles. The van der Waals surface area contributed by atoms with E-state index in [0.717, 1.165) is 24.0 Å². The maximum Gasteiger partial charge on any atom is 0.243 e. The molecule has 2 amide bonds. The molecule has 0 bridgehead atoms. The second kappa shape index (κ2) is 10.6. The highest BCUT2D eigenvalue weighted by Crippen LogP contribution is 2.33.